The van der Waals surface area contributed by atoms with E-state index in [9.17, 15) is 28.3 Å². The first kappa shape index (κ1) is 15.7. The SMILES string of the molecule is CN(C)CC1C(=O)N(O)C=C(C(O)C(F)(F)F)N1C. The molecule has 1 amide bonds. The highest BCUT2D eigenvalue weighted by atomic mass is 19.4. The molecule has 0 aliphatic carbocycles. The van der Waals surface area contributed by atoms with E-state index in [2.05, 4.69) is 0 Å². The Balaban J connectivity index is 3.06. The molecule has 0 saturated carbocycles. The van der Waals surface area contributed by atoms with Crippen LogP contribution in [0.3, 0.4) is 0 Å². The van der Waals surface area contributed by atoms with Crippen LogP contribution < -0.4 is 0 Å². The van der Waals surface area contributed by atoms with Crippen LogP contribution in [0.25, 0.3) is 0 Å². The zero-order chi connectivity index (χ0) is 15.0. The standard InChI is InChI=1S/C10H16F3N3O3/c1-14(2)4-7-9(18)16(19)5-6(15(7)3)8(17)10(11,12)13/h5,7-8,17,19H,4H2,1-3H3. The second-order valence-corrected chi connectivity index (χ2v) is 4.57. The normalized spacial score (nSPS) is 22.9. The largest absolute Gasteiger partial charge is 0.420 e. The average Bonchev–Trinajstić information content (AvgIpc) is 2.27. The number of hydrogen-bond acceptors (Lipinski definition) is 5. The Morgan fingerprint density at radius 3 is 2.42 bits per heavy atom. The lowest BCUT2D eigenvalue weighted by Gasteiger charge is -2.39. The van der Waals surface area contributed by atoms with Crippen molar-refractivity contribution in [3.05, 3.63) is 11.9 Å². The topological polar surface area (TPSA) is 67.2 Å². The van der Waals surface area contributed by atoms with Gasteiger partial charge in [0.1, 0.15) is 6.04 Å². The third-order valence-electron chi connectivity index (χ3n) is 2.77. The van der Waals surface area contributed by atoms with Crippen molar-refractivity contribution in [1.29, 1.82) is 0 Å². The lowest BCUT2D eigenvalue weighted by Crippen LogP contribution is -2.55. The van der Waals surface area contributed by atoms with Crippen molar-refractivity contribution in [2.24, 2.45) is 0 Å². The van der Waals surface area contributed by atoms with Crippen LogP contribution in [0.15, 0.2) is 11.9 Å². The zero-order valence-electron chi connectivity index (χ0n) is 10.7. The number of aliphatic hydroxyl groups is 1. The molecular formula is C10H16F3N3O3. The lowest BCUT2D eigenvalue weighted by molar-refractivity contribution is -0.202. The van der Waals surface area contributed by atoms with Crippen LogP contribution in [0, 0.1) is 0 Å². The van der Waals surface area contributed by atoms with Crippen LogP contribution in [0.1, 0.15) is 0 Å². The molecule has 0 radical (unpaired) electrons. The average molecular weight is 283 g/mol. The first-order valence-electron chi connectivity index (χ1n) is 5.41. The number of likely N-dealkylation sites (N-methyl/N-ethyl adjacent to an activating group) is 2. The van der Waals surface area contributed by atoms with E-state index in [1.54, 1.807) is 19.0 Å². The van der Waals surface area contributed by atoms with Crippen molar-refractivity contribution in [1.82, 2.24) is 14.9 Å². The van der Waals surface area contributed by atoms with Crippen LogP contribution in [-0.4, -0.2) is 77.1 Å². The number of alkyl halides is 3. The van der Waals surface area contributed by atoms with Crippen molar-refractivity contribution in [3.8, 4) is 0 Å². The van der Waals surface area contributed by atoms with Gasteiger partial charge < -0.3 is 14.9 Å². The van der Waals surface area contributed by atoms with E-state index < -0.39 is 29.9 Å². The molecule has 0 bridgehead atoms. The molecule has 2 N–H and O–H groups in total. The van der Waals surface area contributed by atoms with Crippen molar-refractivity contribution >= 4 is 5.91 Å². The Morgan fingerprint density at radius 2 is 2.00 bits per heavy atom. The first-order chi connectivity index (χ1) is 8.55. The van der Waals surface area contributed by atoms with E-state index in [4.69, 9.17) is 0 Å². The minimum absolute atomic E-state index is 0.0818. The summed E-state index contributed by atoms with van der Waals surface area (Å²) < 4.78 is 37.5. The monoisotopic (exact) mass is 283 g/mol. The minimum atomic E-state index is -4.87. The van der Waals surface area contributed by atoms with Gasteiger partial charge in [-0.1, -0.05) is 0 Å². The van der Waals surface area contributed by atoms with E-state index in [-0.39, 0.29) is 11.6 Å². The molecule has 1 aliphatic heterocycles. The van der Waals surface area contributed by atoms with E-state index in [1.165, 1.54) is 7.05 Å². The molecule has 1 heterocycles. The molecule has 19 heavy (non-hydrogen) atoms. The fraction of sp³-hybridized carbons (Fsp3) is 0.700. The van der Waals surface area contributed by atoms with Gasteiger partial charge in [-0.15, -0.1) is 0 Å². The number of amides is 1. The highest BCUT2D eigenvalue weighted by molar-refractivity contribution is 5.83. The summed E-state index contributed by atoms with van der Waals surface area (Å²) in [5, 5.41) is 18.7. The van der Waals surface area contributed by atoms with E-state index in [0.29, 0.717) is 6.20 Å². The molecule has 9 heteroatoms. The molecule has 0 spiro atoms. The van der Waals surface area contributed by atoms with Gasteiger partial charge in [-0.05, 0) is 14.1 Å². The summed E-state index contributed by atoms with van der Waals surface area (Å²) in [6.07, 6.45) is -7.05. The van der Waals surface area contributed by atoms with Gasteiger partial charge in [0.15, 0.2) is 6.10 Å². The highest BCUT2D eigenvalue weighted by Crippen LogP contribution is 2.30. The maximum atomic E-state index is 12.5. The Labute approximate surface area is 108 Å². The van der Waals surface area contributed by atoms with Crippen LogP contribution in [0.2, 0.25) is 0 Å². The molecule has 110 valence electrons. The Kier molecular flexibility index (Phi) is 4.43. The van der Waals surface area contributed by atoms with E-state index >= 15 is 0 Å². The number of aliphatic hydroxyl groups excluding tert-OH is 1. The summed E-state index contributed by atoms with van der Waals surface area (Å²) in [5.74, 6) is -0.755. The number of nitrogens with zero attached hydrogens (tertiary/aromatic N) is 3. The molecule has 1 rings (SSSR count). The van der Waals surface area contributed by atoms with Gasteiger partial charge in [0.05, 0.1) is 11.9 Å². The lowest BCUT2D eigenvalue weighted by atomic mass is 10.1. The minimum Gasteiger partial charge on any atom is -0.378 e. The first-order valence-corrected chi connectivity index (χ1v) is 5.41. The predicted octanol–water partition coefficient (Wildman–Crippen LogP) is -0.156. The number of rotatable bonds is 3. The molecule has 6 nitrogen and oxygen atoms in total. The smallest absolute Gasteiger partial charge is 0.378 e. The number of halogens is 3. The number of carbonyl (C=O) groups excluding carboxylic acids is 1. The fourth-order valence-electron chi connectivity index (χ4n) is 1.76. The summed E-state index contributed by atoms with van der Waals surface area (Å²) in [6, 6.07) is -1.00. The molecule has 0 aromatic carbocycles. The number of carbonyl (C=O) groups is 1. The van der Waals surface area contributed by atoms with Crippen molar-refractivity contribution in [3.63, 3.8) is 0 Å². The Bertz CT molecular complexity index is 384. The second-order valence-electron chi connectivity index (χ2n) is 4.57. The van der Waals surface area contributed by atoms with Crippen molar-refractivity contribution in [2.75, 3.05) is 27.7 Å². The van der Waals surface area contributed by atoms with Gasteiger partial charge in [-0.3, -0.25) is 10.0 Å². The van der Waals surface area contributed by atoms with Gasteiger partial charge in [0.25, 0.3) is 5.91 Å². The third-order valence-corrected chi connectivity index (χ3v) is 2.77. The quantitative estimate of drug-likeness (QED) is 0.705. The molecule has 0 aromatic rings. The predicted molar refractivity (Wildman–Crippen MR) is 58.9 cm³/mol. The summed E-state index contributed by atoms with van der Waals surface area (Å²) in [5.41, 5.74) is -0.582. The maximum absolute atomic E-state index is 12.5. The van der Waals surface area contributed by atoms with E-state index in [0.717, 1.165) is 4.90 Å². The van der Waals surface area contributed by atoms with E-state index in [1.807, 2.05) is 0 Å². The van der Waals surface area contributed by atoms with Gasteiger partial charge in [-0.25, -0.2) is 0 Å². The van der Waals surface area contributed by atoms with Crippen molar-refractivity contribution < 1.29 is 28.3 Å². The van der Waals surface area contributed by atoms with Crippen LogP contribution in [-0.2, 0) is 4.79 Å². The molecule has 0 fully saturated rings. The van der Waals surface area contributed by atoms with Gasteiger partial charge in [0.2, 0.25) is 0 Å². The number of hydroxylamine groups is 2. The maximum Gasteiger partial charge on any atom is 0.420 e. The molecule has 2 unspecified atom stereocenters. The Hall–Kier alpha value is -1.32. The van der Waals surface area contributed by atoms with Gasteiger partial charge in [-0.2, -0.15) is 18.2 Å². The molecule has 0 saturated heterocycles. The fourth-order valence-corrected chi connectivity index (χ4v) is 1.76. The third kappa shape index (κ3) is 3.37. The van der Waals surface area contributed by atoms with Gasteiger partial charge in [0, 0.05) is 13.6 Å². The summed E-state index contributed by atoms with van der Waals surface area (Å²) in [7, 11) is 4.54. The number of hydrogen-bond donors (Lipinski definition) is 2. The highest BCUT2D eigenvalue weighted by Gasteiger charge is 2.46. The molecule has 2 atom stereocenters. The van der Waals surface area contributed by atoms with Gasteiger partial charge >= 0.3 is 6.18 Å². The molecular weight excluding hydrogens is 267 g/mol. The summed E-state index contributed by atoms with van der Waals surface area (Å²) in [4.78, 5) is 14.3. The molecule has 0 aromatic heterocycles. The Morgan fingerprint density at radius 1 is 1.47 bits per heavy atom. The second kappa shape index (κ2) is 5.35. The molecule has 1 aliphatic rings. The van der Waals surface area contributed by atoms with Crippen LogP contribution in [0.5, 0.6) is 0 Å². The van der Waals surface area contributed by atoms with Crippen LogP contribution >= 0.6 is 0 Å². The summed E-state index contributed by atoms with van der Waals surface area (Å²) in [6.45, 7) is 0.105. The van der Waals surface area contributed by atoms with Crippen LogP contribution in [0.4, 0.5) is 13.2 Å². The van der Waals surface area contributed by atoms with Crippen molar-refractivity contribution in [2.45, 2.75) is 18.3 Å². The zero-order valence-corrected chi connectivity index (χ0v) is 10.7. The summed E-state index contributed by atoms with van der Waals surface area (Å²) >= 11 is 0.